The molecule has 0 aliphatic carbocycles. The first kappa shape index (κ1) is 86.1. The number of phosphoric acid groups is 2. The molecule has 8 atom stereocenters. The number of carbonyl (C=O) groups excluding carboxylic acids is 4. The molecule has 0 heterocycles. The third kappa shape index (κ3) is 59.1. The molecular weight excluding hydrogens is 1160 g/mol. The Kier molecular flexibility index (Phi) is 58.7. The number of carbonyl (C=O) groups is 4. The largest absolute Gasteiger partial charge is 0.472 e. The van der Waals surface area contributed by atoms with Crippen molar-refractivity contribution in [3.8, 4) is 0 Å². The van der Waals surface area contributed by atoms with Crippen molar-refractivity contribution < 1.29 is 80.2 Å². The van der Waals surface area contributed by atoms with Gasteiger partial charge in [0.15, 0.2) is 12.2 Å². The van der Waals surface area contributed by atoms with Crippen LogP contribution in [0.15, 0.2) is 0 Å². The highest BCUT2D eigenvalue weighted by molar-refractivity contribution is 7.47. The van der Waals surface area contributed by atoms with Gasteiger partial charge in [0.2, 0.25) is 0 Å². The van der Waals surface area contributed by atoms with Gasteiger partial charge in [0.25, 0.3) is 0 Å². The van der Waals surface area contributed by atoms with Crippen LogP contribution < -0.4 is 0 Å². The standard InChI is InChI=1S/C69H134O17P2/c1-8-12-13-14-15-16-17-18-22-29-38-45-52-68(73)86-65(57-80-67(72)51-44-37-32-31-35-42-49-62(7)11-4)59-84-88(77,78)82-55-63(70)54-81-87(75,76)83-58-64(56-79-66(71)50-43-36-28-25-24-27-34-41-48-61(6)10-3)85-69(74)53-46-39-30-23-20-19-21-26-33-40-47-60(5)9-2/h60-65,70H,8-59H2,1-7H3,(H,75,76)(H,77,78)/t60?,61?,62?,63-,64-,65-/m1/s1. The average Bonchev–Trinajstić information content (AvgIpc) is 3.59. The van der Waals surface area contributed by atoms with Crippen molar-refractivity contribution in [1.82, 2.24) is 0 Å². The molecule has 5 unspecified atom stereocenters. The van der Waals surface area contributed by atoms with Crippen molar-refractivity contribution in [1.29, 1.82) is 0 Å². The normalized spacial score (nSPS) is 15.2. The number of rotatable bonds is 67. The lowest BCUT2D eigenvalue weighted by atomic mass is 9.99. The van der Waals surface area contributed by atoms with E-state index in [-0.39, 0.29) is 25.7 Å². The van der Waals surface area contributed by atoms with Gasteiger partial charge in [-0.05, 0) is 43.4 Å². The maximum absolute atomic E-state index is 13.0. The number of aliphatic hydroxyl groups excluding tert-OH is 1. The van der Waals surface area contributed by atoms with E-state index in [1.807, 2.05) is 0 Å². The quantitative estimate of drug-likeness (QED) is 0.0222. The van der Waals surface area contributed by atoms with E-state index in [4.69, 9.17) is 37.0 Å². The van der Waals surface area contributed by atoms with E-state index in [9.17, 15) is 43.2 Å². The molecule has 19 heteroatoms. The zero-order valence-electron chi connectivity index (χ0n) is 57.2. The minimum atomic E-state index is -4.95. The van der Waals surface area contributed by atoms with Crippen molar-refractivity contribution in [3.63, 3.8) is 0 Å². The van der Waals surface area contributed by atoms with Gasteiger partial charge in [-0.1, -0.05) is 292 Å². The monoisotopic (exact) mass is 1300 g/mol. The van der Waals surface area contributed by atoms with Gasteiger partial charge in [-0.15, -0.1) is 0 Å². The summed E-state index contributed by atoms with van der Waals surface area (Å²) in [7, 11) is -9.90. The van der Waals surface area contributed by atoms with Crippen LogP contribution in [0.2, 0.25) is 0 Å². The van der Waals surface area contributed by atoms with Gasteiger partial charge in [-0.2, -0.15) is 0 Å². The topological polar surface area (TPSA) is 237 Å². The Bertz CT molecular complexity index is 1740. The molecule has 0 aliphatic rings. The first-order valence-electron chi connectivity index (χ1n) is 36.0. The Labute approximate surface area is 537 Å². The van der Waals surface area contributed by atoms with Crippen LogP contribution in [0.25, 0.3) is 0 Å². The number of esters is 4. The minimum absolute atomic E-state index is 0.105. The summed E-state index contributed by atoms with van der Waals surface area (Å²) in [5.74, 6) is 0.184. The molecule has 0 spiro atoms. The molecule has 3 N–H and O–H groups in total. The lowest BCUT2D eigenvalue weighted by molar-refractivity contribution is -0.161. The molecule has 0 fully saturated rings. The number of unbranched alkanes of at least 4 members (excludes halogenated alkanes) is 32. The van der Waals surface area contributed by atoms with Crippen LogP contribution in [-0.2, 0) is 65.4 Å². The van der Waals surface area contributed by atoms with Crippen LogP contribution in [0.5, 0.6) is 0 Å². The summed E-state index contributed by atoms with van der Waals surface area (Å²) in [5.41, 5.74) is 0. The summed E-state index contributed by atoms with van der Waals surface area (Å²) >= 11 is 0. The number of aliphatic hydroxyl groups is 1. The van der Waals surface area contributed by atoms with Gasteiger partial charge in [0.05, 0.1) is 26.4 Å². The Morgan fingerprint density at radius 3 is 0.807 bits per heavy atom. The molecule has 522 valence electrons. The Balaban J connectivity index is 5.27. The van der Waals surface area contributed by atoms with Gasteiger partial charge in [0.1, 0.15) is 19.3 Å². The number of phosphoric ester groups is 2. The molecule has 88 heavy (non-hydrogen) atoms. The van der Waals surface area contributed by atoms with Gasteiger partial charge < -0.3 is 33.8 Å². The smallest absolute Gasteiger partial charge is 0.462 e. The van der Waals surface area contributed by atoms with Crippen LogP contribution in [-0.4, -0.2) is 96.7 Å². The molecule has 0 aliphatic heterocycles. The van der Waals surface area contributed by atoms with Gasteiger partial charge in [0, 0.05) is 25.7 Å². The van der Waals surface area contributed by atoms with Crippen molar-refractivity contribution >= 4 is 39.5 Å². The lowest BCUT2D eigenvalue weighted by Gasteiger charge is -2.21. The highest BCUT2D eigenvalue weighted by atomic mass is 31.2. The summed E-state index contributed by atoms with van der Waals surface area (Å²) in [6.07, 6.45) is 42.8. The second-order valence-electron chi connectivity index (χ2n) is 25.6. The SMILES string of the molecule is CCCCCCCCCCCCCCC(=O)O[C@H](COC(=O)CCCCCCCCC(C)CC)COP(=O)(O)OC[C@H](O)COP(=O)(O)OC[C@@H](COC(=O)CCCCCCCCCCC(C)CC)OC(=O)CCCCCCCCCCCCC(C)CC. The molecule has 0 saturated carbocycles. The van der Waals surface area contributed by atoms with Crippen LogP contribution in [0.1, 0.15) is 344 Å². The molecule has 0 aromatic rings. The molecule has 17 nitrogen and oxygen atoms in total. The molecular formula is C69H134O17P2. The van der Waals surface area contributed by atoms with E-state index in [1.54, 1.807) is 0 Å². The summed E-state index contributed by atoms with van der Waals surface area (Å²) in [6.45, 7) is 11.8. The summed E-state index contributed by atoms with van der Waals surface area (Å²) in [4.78, 5) is 72.5. The van der Waals surface area contributed by atoms with Crippen LogP contribution >= 0.6 is 15.6 Å². The first-order valence-corrected chi connectivity index (χ1v) is 39.0. The van der Waals surface area contributed by atoms with E-state index in [2.05, 4.69) is 48.5 Å². The fraction of sp³-hybridized carbons (Fsp3) is 0.942. The van der Waals surface area contributed by atoms with E-state index in [0.717, 1.165) is 114 Å². The maximum Gasteiger partial charge on any atom is 0.472 e. The van der Waals surface area contributed by atoms with E-state index >= 15 is 0 Å². The predicted octanol–water partition coefficient (Wildman–Crippen LogP) is 19.5. The highest BCUT2D eigenvalue weighted by Gasteiger charge is 2.30. The fourth-order valence-corrected chi connectivity index (χ4v) is 11.8. The van der Waals surface area contributed by atoms with Crippen LogP contribution in [0.4, 0.5) is 0 Å². The third-order valence-corrected chi connectivity index (χ3v) is 18.9. The summed E-state index contributed by atoms with van der Waals surface area (Å²) in [6, 6.07) is 0. The minimum Gasteiger partial charge on any atom is -0.462 e. The zero-order chi connectivity index (χ0) is 65.2. The van der Waals surface area contributed by atoms with Crippen LogP contribution in [0, 0.1) is 17.8 Å². The fourth-order valence-electron chi connectivity index (χ4n) is 10.3. The third-order valence-electron chi connectivity index (χ3n) is 17.0. The van der Waals surface area contributed by atoms with Gasteiger partial charge >= 0.3 is 39.5 Å². The predicted molar refractivity (Wildman–Crippen MR) is 354 cm³/mol. The molecule has 0 radical (unpaired) electrons. The van der Waals surface area contributed by atoms with Gasteiger partial charge in [-0.25, -0.2) is 9.13 Å². The highest BCUT2D eigenvalue weighted by Crippen LogP contribution is 2.45. The van der Waals surface area contributed by atoms with Crippen molar-refractivity contribution in [3.05, 3.63) is 0 Å². The van der Waals surface area contributed by atoms with E-state index < -0.39 is 97.5 Å². The zero-order valence-corrected chi connectivity index (χ0v) is 59.0. The molecule has 0 saturated heterocycles. The molecule has 0 aromatic carbocycles. The Hall–Kier alpha value is -1.94. The Morgan fingerprint density at radius 2 is 0.545 bits per heavy atom. The summed E-state index contributed by atoms with van der Waals surface area (Å²) in [5, 5.41) is 10.6. The van der Waals surface area contributed by atoms with Crippen molar-refractivity contribution in [2.75, 3.05) is 39.6 Å². The van der Waals surface area contributed by atoms with Gasteiger partial charge in [-0.3, -0.25) is 37.3 Å². The molecule has 0 amide bonds. The number of hydrogen-bond acceptors (Lipinski definition) is 15. The second-order valence-corrected chi connectivity index (χ2v) is 28.6. The van der Waals surface area contributed by atoms with Crippen LogP contribution in [0.3, 0.4) is 0 Å². The van der Waals surface area contributed by atoms with Crippen molar-refractivity contribution in [2.45, 2.75) is 362 Å². The molecule has 0 aromatic heterocycles. The molecule has 0 bridgehead atoms. The van der Waals surface area contributed by atoms with E-state index in [0.29, 0.717) is 25.7 Å². The van der Waals surface area contributed by atoms with Crippen molar-refractivity contribution in [2.24, 2.45) is 17.8 Å². The number of ether oxygens (including phenoxy) is 4. The number of hydrogen-bond donors (Lipinski definition) is 3. The first-order chi connectivity index (χ1) is 42.3. The second kappa shape index (κ2) is 60.0. The summed E-state index contributed by atoms with van der Waals surface area (Å²) < 4.78 is 68.2. The lowest BCUT2D eigenvalue weighted by Crippen LogP contribution is -2.30. The van der Waals surface area contributed by atoms with E-state index in [1.165, 1.54) is 148 Å². The maximum atomic E-state index is 13.0. The average molecular weight is 1300 g/mol. The Morgan fingerprint density at radius 1 is 0.318 bits per heavy atom. The molecule has 0 rings (SSSR count).